The van der Waals surface area contributed by atoms with Gasteiger partial charge in [-0.3, -0.25) is 19.6 Å². The molecule has 5 aromatic rings. The summed E-state index contributed by atoms with van der Waals surface area (Å²) in [7, 11) is 0. The molecule has 7 heteroatoms. The number of ketones is 1. The summed E-state index contributed by atoms with van der Waals surface area (Å²) >= 11 is 0. The van der Waals surface area contributed by atoms with E-state index in [0.717, 1.165) is 44.3 Å². The number of rotatable bonds is 8. The number of H-pyrrole nitrogens is 1. The number of imidazole rings is 1. The first-order valence-electron chi connectivity index (χ1n) is 13.0. The predicted molar refractivity (Wildman–Crippen MR) is 154 cm³/mol. The number of carbonyl (C=O) groups is 2. The average molecular weight is 514 g/mol. The number of aliphatic imine (C=N–C) groups is 1. The minimum absolute atomic E-state index is 0.0568. The Bertz CT molecular complexity index is 1770. The molecule has 0 bridgehead atoms. The Labute approximate surface area is 225 Å². The van der Waals surface area contributed by atoms with Crippen molar-refractivity contribution in [2.24, 2.45) is 4.99 Å². The fourth-order valence-electron chi connectivity index (χ4n) is 4.77. The van der Waals surface area contributed by atoms with Crippen LogP contribution in [0.25, 0.3) is 33.3 Å². The minimum atomic E-state index is -0.668. The van der Waals surface area contributed by atoms with Crippen molar-refractivity contribution in [1.82, 2.24) is 20.3 Å². The maximum absolute atomic E-state index is 13.4. The number of Topliss-reactive ketones (excluding diaryl/α,β-unsaturated/α-hetero) is 1. The quantitative estimate of drug-likeness (QED) is 0.276. The first-order chi connectivity index (χ1) is 19.0. The molecule has 0 spiro atoms. The van der Waals surface area contributed by atoms with E-state index in [1.165, 1.54) is 0 Å². The number of aromatic amines is 1. The van der Waals surface area contributed by atoms with Crippen LogP contribution in [0.15, 0.2) is 96.3 Å². The molecular weight excluding hydrogens is 486 g/mol. The van der Waals surface area contributed by atoms with Crippen molar-refractivity contribution in [1.29, 1.82) is 0 Å². The molecule has 0 saturated carbocycles. The third-order valence-corrected chi connectivity index (χ3v) is 6.97. The van der Waals surface area contributed by atoms with Crippen molar-refractivity contribution in [3.63, 3.8) is 0 Å². The summed E-state index contributed by atoms with van der Waals surface area (Å²) in [5.41, 5.74) is 5.58. The number of fused-ring (bicyclic) bond motifs is 2. The fourth-order valence-corrected chi connectivity index (χ4v) is 4.77. The van der Waals surface area contributed by atoms with Gasteiger partial charge in [-0.2, -0.15) is 0 Å². The molecule has 1 aliphatic rings. The third-order valence-electron chi connectivity index (χ3n) is 6.97. The number of pyridine rings is 1. The van der Waals surface area contributed by atoms with Crippen LogP contribution in [0.1, 0.15) is 34.3 Å². The van der Waals surface area contributed by atoms with E-state index >= 15 is 0 Å². The Morgan fingerprint density at radius 1 is 1.00 bits per heavy atom. The number of allylic oxidation sites excluding steroid dienone is 1. The molecule has 6 rings (SSSR count). The molecule has 39 heavy (non-hydrogen) atoms. The molecular formula is C32H27N5O2. The maximum Gasteiger partial charge on any atom is 0.251 e. The molecule has 3 aromatic carbocycles. The molecule has 0 unspecified atom stereocenters. The SMILES string of the molecule is Cc1ccc(C[C@H](NC(=O)c2ccc3nc(-c4cc5ccccc5cn4)[nH]c3c2)C(=O)CC2=NC=CC2)cc1. The van der Waals surface area contributed by atoms with E-state index in [9.17, 15) is 9.59 Å². The summed E-state index contributed by atoms with van der Waals surface area (Å²) in [4.78, 5) is 43.4. The summed E-state index contributed by atoms with van der Waals surface area (Å²) in [6.45, 7) is 2.02. The number of nitrogens with one attached hydrogen (secondary N) is 2. The van der Waals surface area contributed by atoms with Gasteiger partial charge in [0.05, 0.1) is 17.1 Å². The van der Waals surface area contributed by atoms with Crippen molar-refractivity contribution < 1.29 is 9.59 Å². The third kappa shape index (κ3) is 5.38. The number of amides is 1. The summed E-state index contributed by atoms with van der Waals surface area (Å²) in [5, 5.41) is 5.12. The Hall–Kier alpha value is -4.91. The van der Waals surface area contributed by atoms with Gasteiger partial charge in [-0.15, -0.1) is 0 Å². The van der Waals surface area contributed by atoms with Crippen molar-refractivity contribution >= 4 is 39.2 Å². The molecule has 1 aliphatic heterocycles. The van der Waals surface area contributed by atoms with Gasteiger partial charge >= 0.3 is 0 Å². The fraction of sp³-hybridized carbons (Fsp3) is 0.156. The molecule has 2 aromatic heterocycles. The van der Waals surface area contributed by atoms with Crippen LogP contribution >= 0.6 is 0 Å². The minimum Gasteiger partial charge on any atom is -0.342 e. The second kappa shape index (κ2) is 10.5. The van der Waals surface area contributed by atoms with Gasteiger partial charge in [-0.1, -0.05) is 60.2 Å². The maximum atomic E-state index is 13.4. The van der Waals surface area contributed by atoms with Crippen LogP contribution in [0.2, 0.25) is 0 Å². The molecule has 1 atom stereocenters. The summed E-state index contributed by atoms with van der Waals surface area (Å²) in [6, 6.07) is 22.7. The zero-order chi connectivity index (χ0) is 26.8. The number of hydrogen-bond acceptors (Lipinski definition) is 5. The Kier molecular flexibility index (Phi) is 6.55. The Morgan fingerprint density at radius 2 is 1.82 bits per heavy atom. The van der Waals surface area contributed by atoms with Crippen molar-refractivity contribution in [2.45, 2.75) is 32.2 Å². The van der Waals surface area contributed by atoms with Crippen LogP contribution in [0, 0.1) is 6.92 Å². The standard InChI is InChI=1S/C32H27N5O2/c1-20-8-10-21(11-9-20)15-28(30(38)18-25-7-4-14-33-25)37-32(39)23-12-13-26-27(17-23)36-31(35-26)29-16-22-5-2-3-6-24(22)19-34-29/h2-6,8-14,16-17,19,28H,7,15,18H2,1H3,(H,35,36)(H,37,39)/t28-/m0/s1. The van der Waals surface area contributed by atoms with E-state index in [2.05, 4.69) is 25.3 Å². The normalized spacial score (nSPS) is 13.5. The number of hydrogen-bond donors (Lipinski definition) is 2. The summed E-state index contributed by atoms with van der Waals surface area (Å²) < 4.78 is 0. The first-order valence-corrected chi connectivity index (χ1v) is 13.0. The molecule has 0 radical (unpaired) electrons. The van der Waals surface area contributed by atoms with Gasteiger partial charge in [0.1, 0.15) is 5.69 Å². The molecule has 2 N–H and O–H groups in total. The highest BCUT2D eigenvalue weighted by atomic mass is 16.2. The highest BCUT2D eigenvalue weighted by Crippen LogP contribution is 2.23. The predicted octanol–water partition coefficient (Wildman–Crippen LogP) is 5.75. The van der Waals surface area contributed by atoms with Crippen LogP contribution in [0.3, 0.4) is 0 Å². The van der Waals surface area contributed by atoms with Crippen molar-refractivity contribution in [3.8, 4) is 11.5 Å². The van der Waals surface area contributed by atoms with Crippen LogP contribution in [0.4, 0.5) is 0 Å². The van der Waals surface area contributed by atoms with Gasteiger partial charge in [0.25, 0.3) is 5.91 Å². The summed E-state index contributed by atoms with van der Waals surface area (Å²) in [5.74, 6) is 0.263. The van der Waals surface area contributed by atoms with Crippen LogP contribution < -0.4 is 5.32 Å². The highest BCUT2D eigenvalue weighted by Gasteiger charge is 2.24. The Morgan fingerprint density at radius 3 is 2.62 bits per heavy atom. The van der Waals surface area contributed by atoms with E-state index in [1.807, 2.05) is 73.8 Å². The Balaban J connectivity index is 1.24. The second-order valence-electron chi connectivity index (χ2n) is 9.88. The molecule has 0 fully saturated rings. The zero-order valence-electron chi connectivity index (χ0n) is 21.5. The molecule has 7 nitrogen and oxygen atoms in total. The zero-order valence-corrected chi connectivity index (χ0v) is 21.5. The monoisotopic (exact) mass is 513 g/mol. The average Bonchev–Trinajstić information content (AvgIpc) is 3.63. The topological polar surface area (TPSA) is 100 Å². The van der Waals surface area contributed by atoms with E-state index < -0.39 is 6.04 Å². The van der Waals surface area contributed by atoms with Crippen LogP contribution in [0.5, 0.6) is 0 Å². The van der Waals surface area contributed by atoms with Gasteiger partial charge in [0, 0.05) is 41.9 Å². The lowest BCUT2D eigenvalue weighted by Crippen LogP contribution is -2.43. The van der Waals surface area contributed by atoms with Crippen LogP contribution in [-0.2, 0) is 11.2 Å². The molecule has 0 saturated heterocycles. The number of aryl methyl sites for hydroxylation is 1. The van der Waals surface area contributed by atoms with E-state index in [4.69, 9.17) is 0 Å². The largest absolute Gasteiger partial charge is 0.342 e. The van der Waals surface area contributed by atoms with Crippen molar-refractivity contribution in [2.75, 3.05) is 0 Å². The van der Waals surface area contributed by atoms with E-state index in [-0.39, 0.29) is 18.1 Å². The smallest absolute Gasteiger partial charge is 0.251 e. The van der Waals surface area contributed by atoms with Crippen molar-refractivity contribution in [3.05, 3.63) is 108 Å². The van der Waals surface area contributed by atoms with Crippen LogP contribution in [-0.4, -0.2) is 38.4 Å². The van der Waals surface area contributed by atoms with Gasteiger partial charge in [0.2, 0.25) is 0 Å². The van der Waals surface area contributed by atoms with E-state index in [0.29, 0.717) is 24.2 Å². The summed E-state index contributed by atoms with van der Waals surface area (Å²) in [6.07, 6.45) is 6.77. The lowest BCUT2D eigenvalue weighted by Gasteiger charge is -2.18. The van der Waals surface area contributed by atoms with Gasteiger partial charge in [0.15, 0.2) is 11.6 Å². The number of benzene rings is 3. The lowest BCUT2D eigenvalue weighted by molar-refractivity contribution is -0.119. The van der Waals surface area contributed by atoms with Gasteiger partial charge in [-0.25, -0.2) is 4.98 Å². The molecule has 1 amide bonds. The van der Waals surface area contributed by atoms with E-state index in [1.54, 1.807) is 24.4 Å². The second-order valence-corrected chi connectivity index (χ2v) is 9.88. The number of carbonyl (C=O) groups excluding carboxylic acids is 2. The first kappa shape index (κ1) is 24.4. The highest BCUT2D eigenvalue weighted by molar-refractivity contribution is 6.07. The van der Waals surface area contributed by atoms with Gasteiger partial charge < -0.3 is 10.3 Å². The molecule has 3 heterocycles. The molecule has 192 valence electrons. The molecule has 0 aliphatic carbocycles. The number of nitrogens with zero attached hydrogens (tertiary/aromatic N) is 3. The lowest BCUT2D eigenvalue weighted by atomic mass is 9.97. The number of aromatic nitrogens is 3. The van der Waals surface area contributed by atoms with Gasteiger partial charge in [-0.05, 0) is 48.6 Å².